The molecule has 0 aromatic heterocycles. The number of hydrogen-bond acceptors (Lipinski definition) is 3. The molecule has 0 bridgehead atoms. The molecule has 6 heteroatoms. The molecule has 1 saturated heterocycles. The molecule has 5 nitrogen and oxygen atoms in total. The molecule has 0 radical (unpaired) electrons. The number of nitrogens with zero attached hydrogens (tertiary/aromatic N) is 1. The van der Waals surface area contributed by atoms with Crippen LogP contribution in [0.1, 0.15) is 40.7 Å². The van der Waals surface area contributed by atoms with Crippen molar-refractivity contribution >= 4 is 24.2 Å². The quantitative estimate of drug-likeness (QED) is 0.781. The van der Waals surface area contributed by atoms with E-state index in [-0.39, 0.29) is 30.3 Å². The second-order valence-corrected chi connectivity index (χ2v) is 7.02. The monoisotopic (exact) mass is 401 g/mol. The van der Waals surface area contributed by atoms with Crippen LogP contribution in [-0.2, 0) is 17.8 Å². The first-order chi connectivity index (χ1) is 13.2. The zero-order chi connectivity index (χ0) is 19.1. The van der Waals surface area contributed by atoms with Crippen molar-refractivity contribution in [2.45, 2.75) is 38.3 Å². The van der Waals surface area contributed by atoms with Gasteiger partial charge in [0.15, 0.2) is 0 Å². The van der Waals surface area contributed by atoms with Gasteiger partial charge in [0.2, 0.25) is 5.91 Å². The van der Waals surface area contributed by atoms with Crippen LogP contribution in [0.3, 0.4) is 0 Å². The normalized spacial score (nSPS) is 14.2. The third-order valence-corrected chi connectivity index (χ3v) is 5.11. The fourth-order valence-corrected chi connectivity index (χ4v) is 3.39. The lowest BCUT2D eigenvalue weighted by Gasteiger charge is -2.32. The van der Waals surface area contributed by atoms with Gasteiger partial charge in [0.25, 0.3) is 5.91 Å². The van der Waals surface area contributed by atoms with Crippen molar-refractivity contribution in [2.24, 2.45) is 5.73 Å². The number of hydrogen-bond donors (Lipinski definition) is 2. The summed E-state index contributed by atoms with van der Waals surface area (Å²) in [5.41, 5.74) is 8.43. The topological polar surface area (TPSA) is 75.4 Å². The number of likely N-dealkylation sites (tertiary alicyclic amines) is 1. The van der Waals surface area contributed by atoms with E-state index in [1.807, 2.05) is 35.2 Å². The second-order valence-electron chi connectivity index (χ2n) is 7.02. The average molecular weight is 402 g/mol. The zero-order valence-electron chi connectivity index (χ0n) is 16.0. The molecule has 1 aliphatic rings. The van der Waals surface area contributed by atoms with Crippen LogP contribution in [0.25, 0.3) is 0 Å². The summed E-state index contributed by atoms with van der Waals surface area (Å²) < 4.78 is 0. The number of nitrogens with one attached hydrogen (secondary N) is 1. The number of halogens is 1. The molecule has 150 valence electrons. The highest BCUT2D eigenvalue weighted by Gasteiger charge is 2.23. The first-order valence-corrected chi connectivity index (χ1v) is 9.57. The fraction of sp³-hybridized carbons (Fsp3) is 0.364. The Labute approximate surface area is 172 Å². The molecule has 2 aromatic rings. The highest BCUT2D eigenvalue weighted by Crippen LogP contribution is 2.14. The van der Waals surface area contributed by atoms with Gasteiger partial charge in [-0.3, -0.25) is 9.59 Å². The molecule has 0 saturated carbocycles. The number of aryl methyl sites for hydroxylation is 1. The van der Waals surface area contributed by atoms with Crippen molar-refractivity contribution in [1.82, 2.24) is 10.2 Å². The molecule has 3 N–H and O–H groups in total. The fourth-order valence-electron chi connectivity index (χ4n) is 3.39. The number of nitrogens with two attached hydrogens (primary N) is 1. The van der Waals surface area contributed by atoms with Gasteiger partial charge in [-0.25, -0.2) is 0 Å². The summed E-state index contributed by atoms with van der Waals surface area (Å²) in [5.74, 6) is 0.133. The van der Waals surface area contributed by atoms with Gasteiger partial charge in [-0.05, 0) is 42.5 Å². The van der Waals surface area contributed by atoms with Crippen LogP contribution in [0.5, 0.6) is 0 Å². The van der Waals surface area contributed by atoms with Crippen molar-refractivity contribution in [3.8, 4) is 0 Å². The van der Waals surface area contributed by atoms with E-state index in [0.717, 1.165) is 24.8 Å². The Hall–Kier alpha value is -2.37. The van der Waals surface area contributed by atoms with E-state index in [1.54, 1.807) is 12.1 Å². The number of piperidine rings is 1. The number of carbonyl (C=O) groups excluding carboxylic acids is 2. The Morgan fingerprint density at radius 1 is 0.964 bits per heavy atom. The van der Waals surface area contributed by atoms with Crippen LogP contribution < -0.4 is 11.1 Å². The highest BCUT2D eigenvalue weighted by molar-refractivity contribution is 5.94. The summed E-state index contributed by atoms with van der Waals surface area (Å²) in [6.07, 6.45) is 2.90. The van der Waals surface area contributed by atoms with Crippen molar-refractivity contribution in [3.63, 3.8) is 0 Å². The Balaban J connectivity index is 0.00000280. The lowest BCUT2D eigenvalue weighted by Crippen LogP contribution is -2.46. The SMILES string of the molecule is Cl.NCc1ccc(C(=O)NC2CCN(C(=O)CCc3ccccc3)CC2)cc1. The minimum atomic E-state index is -0.0626. The van der Waals surface area contributed by atoms with E-state index in [2.05, 4.69) is 17.4 Å². The van der Waals surface area contributed by atoms with Crippen LogP contribution >= 0.6 is 12.4 Å². The van der Waals surface area contributed by atoms with Crippen molar-refractivity contribution in [1.29, 1.82) is 0 Å². The van der Waals surface area contributed by atoms with E-state index in [0.29, 0.717) is 31.6 Å². The molecule has 1 fully saturated rings. The van der Waals surface area contributed by atoms with Crippen LogP contribution in [0, 0.1) is 0 Å². The van der Waals surface area contributed by atoms with Crippen LogP contribution in [-0.4, -0.2) is 35.8 Å². The minimum absolute atomic E-state index is 0. The largest absolute Gasteiger partial charge is 0.349 e. The number of rotatable bonds is 6. The van der Waals surface area contributed by atoms with Gasteiger partial charge in [0, 0.05) is 37.7 Å². The summed E-state index contributed by atoms with van der Waals surface area (Å²) >= 11 is 0. The Morgan fingerprint density at radius 2 is 1.61 bits per heavy atom. The third kappa shape index (κ3) is 6.08. The molecule has 0 unspecified atom stereocenters. The molecular weight excluding hydrogens is 374 g/mol. The average Bonchev–Trinajstić information content (AvgIpc) is 2.73. The van der Waals surface area contributed by atoms with Gasteiger partial charge in [-0.2, -0.15) is 0 Å². The van der Waals surface area contributed by atoms with Crippen molar-refractivity contribution in [3.05, 3.63) is 71.3 Å². The first-order valence-electron chi connectivity index (χ1n) is 9.57. The second kappa shape index (κ2) is 10.8. The number of benzene rings is 2. The van der Waals surface area contributed by atoms with E-state index < -0.39 is 0 Å². The molecule has 0 spiro atoms. The minimum Gasteiger partial charge on any atom is -0.349 e. The summed E-state index contributed by atoms with van der Waals surface area (Å²) in [6.45, 7) is 1.87. The van der Waals surface area contributed by atoms with Crippen LogP contribution in [0.2, 0.25) is 0 Å². The van der Waals surface area contributed by atoms with Gasteiger partial charge in [-0.15, -0.1) is 12.4 Å². The molecule has 1 heterocycles. The number of carbonyl (C=O) groups is 2. The highest BCUT2D eigenvalue weighted by atomic mass is 35.5. The van der Waals surface area contributed by atoms with E-state index in [9.17, 15) is 9.59 Å². The van der Waals surface area contributed by atoms with Gasteiger partial charge >= 0.3 is 0 Å². The molecule has 1 aliphatic heterocycles. The molecule has 0 aliphatic carbocycles. The van der Waals surface area contributed by atoms with E-state index >= 15 is 0 Å². The lowest BCUT2D eigenvalue weighted by molar-refractivity contribution is -0.132. The van der Waals surface area contributed by atoms with E-state index in [1.165, 1.54) is 5.56 Å². The summed E-state index contributed by atoms with van der Waals surface area (Å²) in [5, 5.41) is 3.08. The molecule has 2 aromatic carbocycles. The lowest BCUT2D eigenvalue weighted by atomic mass is 10.0. The summed E-state index contributed by atoms with van der Waals surface area (Å²) in [7, 11) is 0. The number of amides is 2. The molecule has 3 rings (SSSR count). The summed E-state index contributed by atoms with van der Waals surface area (Å²) in [6, 6.07) is 17.6. The van der Waals surface area contributed by atoms with Crippen LogP contribution in [0.15, 0.2) is 54.6 Å². The predicted octanol–water partition coefficient (Wildman–Crippen LogP) is 2.92. The maximum atomic E-state index is 12.4. The maximum absolute atomic E-state index is 12.4. The molecule has 0 atom stereocenters. The standard InChI is InChI=1S/C22H27N3O2.ClH/c23-16-18-6-9-19(10-7-18)22(27)24-20-12-14-25(15-13-20)21(26)11-8-17-4-2-1-3-5-17;/h1-7,9-10,20H,8,11-16,23H2,(H,24,27);1H. The predicted molar refractivity (Wildman–Crippen MR) is 113 cm³/mol. The Bertz CT molecular complexity index is 757. The van der Waals surface area contributed by atoms with Crippen LogP contribution in [0.4, 0.5) is 0 Å². The van der Waals surface area contributed by atoms with Gasteiger partial charge in [0.05, 0.1) is 0 Å². The van der Waals surface area contributed by atoms with Gasteiger partial charge in [0.1, 0.15) is 0 Å². The first kappa shape index (κ1) is 21.9. The molecule has 2 amide bonds. The van der Waals surface area contributed by atoms with Gasteiger partial charge in [-0.1, -0.05) is 42.5 Å². The molecule has 28 heavy (non-hydrogen) atoms. The van der Waals surface area contributed by atoms with Crippen molar-refractivity contribution < 1.29 is 9.59 Å². The Morgan fingerprint density at radius 3 is 2.21 bits per heavy atom. The van der Waals surface area contributed by atoms with Gasteiger partial charge < -0.3 is 16.0 Å². The maximum Gasteiger partial charge on any atom is 0.251 e. The smallest absolute Gasteiger partial charge is 0.251 e. The Kier molecular flexibility index (Phi) is 8.48. The third-order valence-electron chi connectivity index (χ3n) is 5.11. The zero-order valence-corrected chi connectivity index (χ0v) is 16.8. The summed E-state index contributed by atoms with van der Waals surface area (Å²) in [4.78, 5) is 26.7. The van der Waals surface area contributed by atoms with E-state index in [4.69, 9.17) is 5.73 Å². The van der Waals surface area contributed by atoms with Crippen molar-refractivity contribution in [2.75, 3.05) is 13.1 Å². The molecular formula is C22H28ClN3O2.